The molecule has 0 heterocycles. The van der Waals surface area contributed by atoms with E-state index in [1.165, 1.54) is 20.3 Å². The largest absolute Gasteiger partial charge is 1.00 e. The predicted octanol–water partition coefficient (Wildman–Crippen LogP) is 0.224. The SMILES string of the molecule is COc1c(O)cc(C)c(O)c1OC.COc1cc(C)c(OC)c(OC)c1OC.CS(C)(=O)(O)OO.[Na+].[OH-]. The van der Waals surface area contributed by atoms with Crippen molar-refractivity contribution in [3.05, 3.63) is 23.3 Å². The predicted molar refractivity (Wildman–Crippen MR) is 133 cm³/mol. The first-order valence-corrected chi connectivity index (χ1v) is 12.5. The van der Waals surface area contributed by atoms with E-state index in [2.05, 4.69) is 4.33 Å². The van der Waals surface area contributed by atoms with Gasteiger partial charge in [-0.1, -0.05) is 0 Å². The van der Waals surface area contributed by atoms with Gasteiger partial charge in [0.15, 0.2) is 23.0 Å². The summed E-state index contributed by atoms with van der Waals surface area (Å²) in [6, 6.07) is 3.26. The van der Waals surface area contributed by atoms with Crippen molar-refractivity contribution < 1.29 is 92.0 Å². The number of ether oxygens (including phenoxy) is 6. The van der Waals surface area contributed by atoms with E-state index >= 15 is 0 Å². The van der Waals surface area contributed by atoms with Gasteiger partial charge in [-0.25, -0.2) is 9.47 Å². The molecule has 0 fully saturated rings. The summed E-state index contributed by atoms with van der Waals surface area (Å²) in [4.78, 5) is 0. The Morgan fingerprint density at radius 3 is 1.41 bits per heavy atom. The number of phenolic OH excluding ortho intramolecular Hbond substituents is 2. The Kier molecular flexibility index (Phi) is 17.7. The van der Waals surface area contributed by atoms with Gasteiger partial charge in [0.25, 0.3) is 0 Å². The number of methoxy groups -OCH3 is 6. The number of hydrogen-bond acceptors (Lipinski definition) is 12. The fourth-order valence-corrected chi connectivity index (χ4v) is 2.63. The Labute approximate surface area is 239 Å². The molecule has 2 aromatic rings. The molecule has 5 N–H and O–H groups in total. The molecule has 0 aliphatic heterocycles. The first-order valence-electron chi connectivity index (χ1n) is 9.79. The Hall–Kier alpha value is -2.17. The van der Waals surface area contributed by atoms with Crippen LogP contribution < -0.4 is 58.0 Å². The van der Waals surface area contributed by atoms with Crippen LogP contribution in [0.1, 0.15) is 11.1 Å². The second-order valence-electron chi connectivity index (χ2n) is 7.35. The molecule has 210 valence electrons. The average molecular weight is 565 g/mol. The molecule has 0 spiro atoms. The Morgan fingerprint density at radius 1 is 0.676 bits per heavy atom. The number of rotatable bonds is 7. The first kappa shape index (κ1) is 39.3. The molecule has 2 aromatic carbocycles. The molecule has 0 aromatic heterocycles. The molecule has 0 saturated carbocycles. The van der Waals surface area contributed by atoms with Crippen LogP contribution in [0, 0.1) is 13.8 Å². The standard InChI is InChI=1S/C11H16O4.C9H12O4.C2H8O4S.Na.H2O/c1-7-6-8(12-2)10(14-4)11(15-5)9(7)13-3;1-5-4-6(10)8(12-2)9(13-3)7(5)11;1-7(2,4,5)6-3;;/h6H,1-5H3;4,10-11H,1-3H3;3H,1-2H3,(H,4,5);;1H2/q;;;+1;/p-1. The maximum Gasteiger partial charge on any atom is 1.00 e. The molecule has 13 nitrogen and oxygen atoms in total. The van der Waals surface area contributed by atoms with E-state index in [0.29, 0.717) is 28.6 Å². The molecule has 0 amide bonds. The van der Waals surface area contributed by atoms with Crippen LogP contribution in [-0.4, -0.2) is 84.9 Å². The molecule has 0 saturated heterocycles. The van der Waals surface area contributed by atoms with Gasteiger partial charge in [-0.05, 0) is 37.1 Å². The van der Waals surface area contributed by atoms with E-state index in [1.54, 1.807) is 35.4 Å². The molecule has 2 rings (SSSR count). The molecule has 0 atom stereocenters. The van der Waals surface area contributed by atoms with Crippen LogP contribution in [0.5, 0.6) is 46.0 Å². The zero-order chi connectivity index (χ0) is 27.6. The van der Waals surface area contributed by atoms with E-state index in [9.17, 15) is 14.4 Å². The Bertz CT molecular complexity index is 1040. The Balaban J connectivity index is -0.000000484. The van der Waals surface area contributed by atoms with Crippen LogP contribution >= 0.6 is 0 Å². The minimum atomic E-state index is -4.06. The van der Waals surface area contributed by atoms with Crippen LogP contribution in [0.4, 0.5) is 0 Å². The van der Waals surface area contributed by atoms with Crippen molar-refractivity contribution in [2.45, 2.75) is 13.8 Å². The van der Waals surface area contributed by atoms with E-state index in [4.69, 9.17) is 38.2 Å². The van der Waals surface area contributed by atoms with Crippen molar-refractivity contribution >= 4 is 9.63 Å². The first-order chi connectivity index (χ1) is 16.1. The summed E-state index contributed by atoms with van der Waals surface area (Å²) in [6.45, 7) is 3.58. The smallest absolute Gasteiger partial charge is 0.870 e. The minimum Gasteiger partial charge on any atom is -0.870 e. The third kappa shape index (κ3) is 11.8. The maximum absolute atomic E-state index is 10.2. The topological polar surface area (TPSA) is 193 Å². The molecule has 0 aliphatic rings. The van der Waals surface area contributed by atoms with Crippen LogP contribution in [-0.2, 0) is 14.0 Å². The second kappa shape index (κ2) is 16.6. The summed E-state index contributed by atoms with van der Waals surface area (Å²) < 4.78 is 52.5. The Morgan fingerprint density at radius 2 is 1.08 bits per heavy atom. The van der Waals surface area contributed by atoms with Gasteiger partial charge in [-0.3, -0.25) is 0 Å². The number of aryl methyl sites for hydroxylation is 2. The average Bonchev–Trinajstić information content (AvgIpc) is 2.80. The van der Waals surface area contributed by atoms with Crippen LogP contribution in [0.15, 0.2) is 12.1 Å². The number of hydrogen-bond donors (Lipinski definition) is 4. The summed E-state index contributed by atoms with van der Waals surface area (Å²) in [6.07, 6.45) is 1.80. The summed E-state index contributed by atoms with van der Waals surface area (Å²) >= 11 is 0. The molecular weight excluding hydrogens is 527 g/mol. The van der Waals surface area contributed by atoms with Crippen molar-refractivity contribution in [2.24, 2.45) is 0 Å². The molecule has 0 bridgehead atoms. The zero-order valence-electron chi connectivity index (χ0n) is 23.1. The van der Waals surface area contributed by atoms with Gasteiger partial charge in [0.05, 0.1) is 42.7 Å². The van der Waals surface area contributed by atoms with Gasteiger partial charge in [-0.2, -0.15) is 0 Å². The molecule has 0 radical (unpaired) electrons. The van der Waals surface area contributed by atoms with Gasteiger partial charge in [0, 0.05) is 12.5 Å². The summed E-state index contributed by atoms with van der Waals surface area (Å²) in [5.74, 6) is 2.62. The fourth-order valence-electron chi connectivity index (χ4n) is 2.63. The molecule has 37 heavy (non-hydrogen) atoms. The van der Waals surface area contributed by atoms with E-state index in [-0.39, 0.29) is 58.0 Å². The van der Waals surface area contributed by atoms with Gasteiger partial charge >= 0.3 is 29.6 Å². The van der Waals surface area contributed by atoms with Crippen LogP contribution in [0.25, 0.3) is 0 Å². The third-order valence-corrected chi connectivity index (χ3v) is 4.60. The van der Waals surface area contributed by atoms with Gasteiger partial charge in [0.2, 0.25) is 23.0 Å². The fraction of sp³-hybridized carbons (Fsp3) is 0.455. The van der Waals surface area contributed by atoms with Gasteiger partial charge in [0.1, 0.15) is 9.63 Å². The third-order valence-electron chi connectivity index (χ3n) is 4.18. The van der Waals surface area contributed by atoms with Gasteiger partial charge < -0.3 is 48.7 Å². The summed E-state index contributed by atoms with van der Waals surface area (Å²) in [7, 11) is 5.05. The summed E-state index contributed by atoms with van der Waals surface area (Å²) in [5.41, 5.74) is 1.47. The molecular formula is C22H37NaO13S. The van der Waals surface area contributed by atoms with Crippen molar-refractivity contribution in [1.82, 2.24) is 0 Å². The number of aromatic hydroxyl groups is 2. The van der Waals surface area contributed by atoms with Crippen molar-refractivity contribution in [1.29, 1.82) is 0 Å². The molecule has 0 unspecified atom stereocenters. The van der Waals surface area contributed by atoms with Crippen molar-refractivity contribution in [3.8, 4) is 46.0 Å². The number of benzene rings is 2. The normalized spacial score (nSPS) is 10.8. The van der Waals surface area contributed by atoms with Crippen LogP contribution in [0.3, 0.4) is 0 Å². The van der Waals surface area contributed by atoms with E-state index in [1.807, 2.05) is 13.0 Å². The molecule has 0 aliphatic carbocycles. The van der Waals surface area contributed by atoms with Crippen LogP contribution in [0.2, 0.25) is 0 Å². The molecule has 15 heteroatoms. The maximum atomic E-state index is 10.2. The van der Waals surface area contributed by atoms with Crippen molar-refractivity contribution in [3.63, 3.8) is 0 Å². The minimum absolute atomic E-state index is 0. The van der Waals surface area contributed by atoms with Gasteiger partial charge in [-0.15, -0.1) is 4.33 Å². The van der Waals surface area contributed by atoms with Crippen molar-refractivity contribution in [2.75, 3.05) is 55.2 Å². The van der Waals surface area contributed by atoms with E-state index < -0.39 is 9.63 Å². The quantitative estimate of drug-likeness (QED) is 0.155. The summed E-state index contributed by atoms with van der Waals surface area (Å²) in [5, 5.41) is 26.6. The monoisotopic (exact) mass is 564 g/mol. The zero-order valence-corrected chi connectivity index (χ0v) is 25.9. The number of phenols is 2. The van der Waals surface area contributed by atoms with E-state index in [0.717, 1.165) is 18.1 Å². The second-order valence-corrected chi connectivity index (χ2v) is 10.8.